The zero-order valence-corrected chi connectivity index (χ0v) is 22.0. The van der Waals surface area contributed by atoms with Crippen LogP contribution in [0.4, 0.5) is 5.69 Å². The Labute approximate surface area is 227 Å². The number of rotatable bonds is 8. The van der Waals surface area contributed by atoms with E-state index in [0.717, 1.165) is 4.68 Å². The average Bonchev–Trinajstić information content (AvgIpc) is 3.38. The Balaban J connectivity index is 1.67. The molecule has 1 atom stereocenters. The fourth-order valence-corrected chi connectivity index (χ4v) is 4.32. The van der Waals surface area contributed by atoms with Gasteiger partial charge in [0.15, 0.2) is 5.76 Å². The van der Waals surface area contributed by atoms with Gasteiger partial charge in [-0.3, -0.25) is 14.9 Å². The van der Waals surface area contributed by atoms with Gasteiger partial charge in [0.05, 0.1) is 45.7 Å². The fourth-order valence-electron chi connectivity index (χ4n) is 4.05. The number of nitrogens with zero attached hydrogens (tertiary/aromatic N) is 4. The van der Waals surface area contributed by atoms with Crippen molar-refractivity contribution in [3.63, 3.8) is 0 Å². The second-order valence-corrected chi connectivity index (χ2v) is 9.15. The Hall–Kier alpha value is -4.70. The van der Waals surface area contributed by atoms with Crippen LogP contribution in [0.25, 0.3) is 33.5 Å². The van der Waals surface area contributed by atoms with Gasteiger partial charge in [-0.1, -0.05) is 36.7 Å². The van der Waals surface area contributed by atoms with Gasteiger partial charge in [0.1, 0.15) is 11.3 Å². The largest absolute Gasteiger partial charge is 0.496 e. The maximum atomic E-state index is 13.5. The van der Waals surface area contributed by atoms with Gasteiger partial charge >= 0.3 is 5.69 Å². The minimum atomic E-state index is -0.572. The predicted octanol–water partition coefficient (Wildman–Crippen LogP) is 6.44. The maximum Gasteiger partial charge on any atom is 0.313 e. The van der Waals surface area contributed by atoms with Crippen LogP contribution in [0.1, 0.15) is 25.8 Å². The number of nitro groups is 1. The second-order valence-electron chi connectivity index (χ2n) is 8.74. The number of nitro benzene ring substituents is 1. The van der Waals surface area contributed by atoms with Crippen molar-refractivity contribution in [1.82, 2.24) is 9.66 Å². The van der Waals surface area contributed by atoms with Gasteiger partial charge in [-0.2, -0.15) is 9.78 Å². The first-order valence-corrected chi connectivity index (χ1v) is 12.5. The molecule has 0 N–H and O–H groups in total. The van der Waals surface area contributed by atoms with Crippen LogP contribution < -0.4 is 15.0 Å². The molecule has 198 valence electrons. The van der Waals surface area contributed by atoms with E-state index in [1.807, 2.05) is 6.92 Å². The van der Waals surface area contributed by atoms with Gasteiger partial charge in [-0.15, -0.1) is 0 Å². The summed E-state index contributed by atoms with van der Waals surface area (Å²) in [7, 11) is 1.56. The van der Waals surface area contributed by atoms with Crippen molar-refractivity contribution in [3.8, 4) is 23.1 Å². The minimum absolute atomic E-state index is 0.0189. The SMILES string of the molecule is CC[C@H](C)Oc1c(Cl)cc(C=Nn2c(-c3cc4c(OC)cccc4o3)nc3ccccc3c2=O)cc1[N+](=O)[O-]. The monoisotopic (exact) mass is 546 g/mol. The summed E-state index contributed by atoms with van der Waals surface area (Å²) in [6.45, 7) is 3.69. The van der Waals surface area contributed by atoms with Gasteiger partial charge in [0.25, 0.3) is 5.56 Å². The van der Waals surface area contributed by atoms with Crippen LogP contribution in [-0.4, -0.2) is 34.0 Å². The number of hydrogen-bond acceptors (Lipinski definition) is 8. The highest BCUT2D eigenvalue weighted by atomic mass is 35.5. The van der Waals surface area contributed by atoms with E-state index < -0.39 is 10.5 Å². The van der Waals surface area contributed by atoms with Gasteiger partial charge in [0.2, 0.25) is 11.6 Å². The van der Waals surface area contributed by atoms with Crippen LogP contribution in [0.3, 0.4) is 0 Å². The van der Waals surface area contributed by atoms with E-state index in [2.05, 4.69) is 10.1 Å². The van der Waals surface area contributed by atoms with Crippen molar-refractivity contribution in [2.75, 3.05) is 7.11 Å². The number of halogens is 1. The second kappa shape index (κ2) is 10.6. The van der Waals surface area contributed by atoms with Crippen LogP contribution in [0.5, 0.6) is 11.5 Å². The predicted molar refractivity (Wildman–Crippen MR) is 149 cm³/mol. The Morgan fingerprint density at radius 2 is 1.97 bits per heavy atom. The Morgan fingerprint density at radius 3 is 2.72 bits per heavy atom. The lowest BCUT2D eigenvalue weighted by molar-refractivity contribution is -0.386. The number of benzene rings is 3. The third-order valence-corrected chi connectivity index (χ3v) is 6.46. The van der Waals surface area contributed by atoms with E-state index in [1.165, 1.54) is 18.3 Å². The van der Waals surface area contributed by atoms with Crippen LogP contribution in [-0.2, 0) is 0 Å². The molecule has 0 bridgehead atoms. The normalized spacial score (nSPS) is 12.3. The molecule has 3 aromatic carbocycles. The summed E-state index contributed by atoms with van der Waals surface area (Å²) in [6, 6.07) is 16.7. The third-order valence-electron chi connectivity index (χ3n) is 6.17. The van der Waals surface area contributed by atoms with Crippen molar-refractivity contribution >= 4 is 45.4 Å². The van der Waals surface area contributed by atoms with Crippen LogP contribution in [0.2, 0.25) is 5.02 Å². The molecular formula is C28H23ClN4O6. The topological polar surface area (TPSA) is 122 Å². The number of methoxy groups -OCH3 is 1. The third kappa shape index (κ3) is 4.94. The Kier molecular flexibility index (Phi) is 7.03. The molecule has 0 saturated carbocycles. The average molecular weight is 547 g/mol. The molecule has 5 aromatic rings. The number of hydrogen-bond donors (Lipinski definition) is 0. The Bertz CT molecular complexity index is 1810. The molecule has 0 amide bonds. The van der Waals surface area contributed by atoms with Gasteiger partial charge in [0, 0.05) is 11.6 Å². The molecule has 0 radical (unpaired) electrons. The lowest BCUT2D eigenvalue weighted by Gasteiger charge is -2.14. The van der Waals surface area contributed by atoms with Crippen molar-refractivity contribution in [1.29, 1.82) is 0 Å². The number of ether oxygens (including phenoxy) is 2. The van der Waals surface area contributed by atoms with Gasteiger partial charge in [-0.05, 0) is 49.7 Å². The molecule has 39 heavy (non-hydrogen) atoms. The number of furan rings is 1. The number of fused-ring (bicyclic) bond motifs is 2. The standard InChI is InChI=1S/C28H23ClN4O6/c1-4-16(2)38-26-20(29)12-17(13-22(26)33(35)36)15-30-32-27(31-21-9-6-5-8-18(21)28(32)34)25-14-19-23(37-3)10-7-11-24(19)39-25/h5-16H,4H2,1-3H3/t16-/m0/s1. The van der Waals surface area contributed by atoms with Crippen molar-refractivity contribution < 1.29 is 18.8 Å². The molecule has 0 spiro atoms. The molecule has 11 heteroatoms. The smallest absolute Gasteiger partial charge is 0.313 e. The summed E-state index contributed by atoms with van der Waals surface area (Å²) >= 11 is 6.37. The van der Waals surface area contributed by atoms with E-state index in [1.54, 1.807) is 62.6 Å². The number of aromatic nitrogens is 2. The number of para-hydroxylation sites is 1. The van der Waals surface area contributed by atoms with Crippen LogP contribution >= 0.6 is 11.6 Å². The highest BCUT2D eigenvalue weighted by Gasteiger charge is 2.22. The first-order chi connectivity index (χ1) is 18.8. The molecule has 0 aliphatic carbocycles. The Morgan fingerprint density at radius 1 is 1.18 bits per heavy atom. The summed E-state index contributed by atoms with van der Waals surface area (Å²) in [5, 5.41) is 17.2. The first kappa shape index (κ1) is 25.9. The summed E-state index contributed by atoms with van der Waals surface area (Å²) in [6.07, 6.45) is 1.68. The molecular weight excluding hydrogens is 524 g/mol. The van der Waals surface area contributed by atoms with Crippen LogP contribution in [0, 0.1) is 10.1 Å². The molecule has 0 fully saturated rings. The summed E-state index contributed by atoms with van der Waals surface area (Å²) in [5.41, 5.74) is 0.540. The van der Waals surface area contributed by atoms with E-state index in [4.69, 9.17) is 25.5 Å². The molecule has 0 unspecified atom stereocenters. The van der Waals surface area contributed by atoms with E-state index >= 15 is 0 Å². The zero-order valence-electron chi connectivity index (χ0n) is 21.3. The van der Waals surface area contributed by atoms with Crippen molar-refractivity contribution in [2.45, 2.75) is 26.4 Å². The summed E-state index contributed by atoms with van der Waals surface area (Å²) in [4.78, 5) is 29.4. The molecule has 2 aromatic heterocycles. The summed E-state index contributed by atoms with van der Waals surface area (Å²) < 4.78 is 18.2. The molecule has 2 heterocycles. The van der Waals surface area contributed by atoms with Crippen molar-refractivity contribution in [2.24, 2.45) is 5.10 Å². The molecule has 10 nitrogen and oxygen atoms in total. The highest BCUT2D eigenvalue weighted by molar-refractivity contribution is 6.32. The minimum Gasteiger partial charge on any atom is -0.496 e. The molecule has 5 rings (SSSR count). The van der Waals surface area contributed by atoms with Gasteiger partial charge in [-0.25, -0.2) is 4.98 Å². The first-order valence-electron chi connectivity index (χ1n) is 12.1. The van der Waals surface area contributed by atoms with Crippen LogP contribution in [0.15, 0.2) is 75.0 Å². The highest BCUT2D eigenvalue weighted by Crippen LogP contribution is 2.37. The lowest BCUT2D eigenvalue weighted by Crippen LogP contribution is -2.20. The van der Waals surface area contributed by atoms with Gasteiger partial charge < -0.3 is 13.9 Å². The lowest BCUT2D eigenvalue weighted by atomic mass is 10.2. The van der Waals surface area contributed by atoms with E-state index in [-0.39, 0.29) is 34.1 Å². The zero-order chi connectivity index (χ0) is 27.7. The maximum absolute atomic E-state index is 13.5. The van der Waals surface area contributed by atoms with E-state index in [9.17, 15) is 14.9 Å². The molecule has 0 aliphatic heterocycles. The van der Waals surface area contributed by atoms with Crippen molar-refractivity contribution in [3.05, 3.63) is 91.7 Å². The van der Waals surface area contributed by atoms with E-state index in [0.29, 0.717) is 39.6 Å². The fraction of sp³-hybridized carbons (Fsp3) is 0.179. The molecule has 0 saturated heterocycles. The molecule has 0 aliphatic rings. The quantitative estimate of drug-likeness (QED) is 0.125. The summed E-state index contributed by atoms with van der Waals surface area (Å²) in [5.74, 6) is 1.01.